The Kier molecular flexibility index (Phi) is 5.97. The van der Waals surface area contributed by atoms with Crippen molar-refractivity contribution in [1.82, 2.24) is 14.9 Å². The summed E-state index contributed by atoms with van der Waals surface area (Å²) in [5, 5.41) is 4.40. The Balaban J connectivity index is 1.39. The molecule has 33 heavy (non-hydrogen) atoms. The number of carbonyl (C=O) groups is 1. The molecule has 1 amide bonds. The van der Waals surface area contributed by atoms with Crippen LogP contribution in [0.5, 0.6) is 0 Å². The predicted octanol–water partition coefficient (Wildman–Crippen LogP) is 5.22. The highest BCUT2D eigenvalue weighted by Crippen LogP contribution is 2.35. The Morgan fingerprint density at radius 2 is 1.73 bits per heavy atom. The summed E-state index contributed by atoms with van der Waals surface area (Å²) in [5.41, 5.74) is 2.56. The van der Waals surface area contributed by atoms with Crippen LogP contribution in [-0.2, 0) is 11.2 Å². The molecule has 3 aromatic carbocycles. The lowest BCUT2D eigenvalue weighted by Gasteiger charge is -2.20. The van der Waals surface area contributed by atoms with Gasteiger partial charge in [0.2, 0.25) is 5.91 Å². The SMILES string of the molecule is O=C(CCc1nc2ccccc2c(=O)n1C1CC1)NC(c1ccccc1)c1cccc(Cl)c1. The lowest BCUT2D eigenvalue weighted by atomic mass is 9.98. The van der Waals surface area contributed by atoms with Crippen LogP contribution in [0.2, 0.25) is 5.02 Å². The fraction of sp³-hybridized carbons (Fsp3) is 0.222. The third-order valence-corrected chi connectivity index (χ3v) is 6.22. The molecule has 5 nitrogen and oxygen atoms in total. The molecule has 0 aliphatic heterocycles. The first-order chi connectivity index (χ1) is 16.1. The molecule has 1 aromatic heterocycles. The second kappa shape index (κ2) is 9.20. The van der Waals surface area contributed by atoms with E-state index in [1.165, 1.54) is 0 Å². The number of hydrogen-bond donors (Lipinski definition) is 1. The predicted molar refractivity (Wildman–Crippen MR) is 130 cm³/mol. The van der Waals surface area contributed by atoms with Crippen molar-refractivity contribution in [3.05, 3.63) is 111 Å². The van der Waals surface area contributed by atoms with E-state index in [-0.39, 0.29) is 30.0 Å². The molecular formula is C27H24ClN3O2. The Hall–Kier alpha value is -3.44. The Labute approximate surface area is 197 Å². The summed E-state index contributed by atoms with van der Waals surface area (Å²) < 4.78 is 1.79. The highest BCUT2D eigenvalue weighted by Gasteiger charge is 2.28. The average molecular weight is 458 g/mol. The summed E-state index contributed by atoms with van der Waals surface area (Å²) in [6, 6.07) is 24.6. The van der Waals surface area contributed by atoms with Crippen LogP contribution < -0.4 is 10.9 Å². The zero-order valence-corrected chi connectivity index (χ0v) is 18.8. The van der Waals surface area contributed by atoms with Crippen LogP contribution in [0.3, 0.4) is 0 Å². The van der Waals surface area contributed by atoms with Crippen molar-refractivity contribution < 1.29 is 4.79 Å². The number of nitrogens with zero attached hydrogens (tertiary/aromatic N) is 2. The molecule has 0 bridgehead atoms. The second-order valence-electron chi connectivity index (χ2n) is 8.42. The molecule has 5 rings (SSSR count). The second-order valence-corrected chi connectivity index (χ2v) is 8.85. The summed E-state index contributed by atoms with van der Waals surface area (Å²) in [6.07, 6.45) is 2.59. The van der Waals surface area contributed by atoms with E-state index in [0.717, 1.165) is 24.0 Å². The van der Waals surface area contributed by atoms with E-state index in [9.17, 15) is 9.59 Å². The van der Waals surface area contributed by atoms with Gasteiger partial charge in [0.1, 0.15) is 5.82 Å². The van der Waals surface area contributed by atoms with Crippen molar-refractivity contribution >= 4 is 28.4 Å². The van der Waals surface area contributed by atoms with Gasteiger partial charge in [-0.3, -0.25) is 14.2 Å². The minimum Gasteiger partial charge on any atom is -0.345 e. The first kappa shape index (κ1) is 21.4. The Morgan fingerprint density at radius 1 is 1.00 bits per heavy atom. The molecule has 1 aliphatic rings. The van der Waals surface area contributed by atoms with Gasteiger partial charge in [-0.15, -0.1) is 0 Å². The van der Waals surface area contributed by atoms with Crippen LogP contribution in [0.4, 0.5) is 0 Å². The largest absolute Gasteiger partial charge is 0.345 e. The highest BCUT2D eigenvalue weighted by molar-refractivity contribution is 6.30. The molecule has 1 saturated carbocycles. The monoisotopic (exact) mass is 457 g/mol. The van der Waals surface area contributed by atoms with E-state index in [0.29, 0.717) is 28.2 Å². The number of rotatable bonds is 7. The zero-order chi connectivity index (χ0) is 22.8. The topological polar surface area (TPSA) is 64.0 Å². The molecule has 1 fully saturated rings. The van der Waals surface area contributed by atoms with Gasteiger partial charge in [-0.2, -0.15) is 0 Å². The molecule has 0 spiro atoms. The molecule has 0 saturated heterocycles. The maximum Gasteiger partial charge on any atom is 0.261 e. The van der Waals surface area contributed by atoms with Crippen LogP contribution in [0.15, 0.2) is 83.7 Å². The summed E-state index contributed by atoms with van der Waals surface area (Å²) in [5.74, 6) is 0.573. The summed E-state index contributed by atoms with van der Waals surface area (Å²) in [7, 11) is 0. The third kappa shape index (κ3) is 4.69. The fourth-order valence-electron chi connectivity index (χ4n) is 4.23. The number of hydrogen-bond acceptors (Lipinski definition) is 3. The van der Waals surface area contributed by atoms with Gasteiger partial charge in [0.15, 0.2) is 0 Å². The van der Waals surface area contributed by atoms with E-state index in [1.807, 2.05) is 78.9 Å². The summed E-state index contributed by atoms with van der Waals surface area (Å²) in [4.78, 5) is 30.9. The molecule has 1 heterocycles. The zero-order valence-electron chi connectivity index (χ0n) is 18.1. The lowest BCUT2D eigenvalue weighted by Crippen LogP contribution is -2.30. The number of carbonyl (C=O) groups excluding carboxylic acids is 1. The van der Waals surface area contributed by atoms with Crippen LogP contribution >= 0.6 is 11.6 Å². The number of fused-ring (bicyclic) bond motifs is 1. The van der Waals surface area contributed by atoms with Gasteiger partial charge in [0.25, 0.3) is 5.56 Å². The van der Waals surface area contributed by atoms with E-state index >= 15 is 0 Å². The minimum atomic E-state index is -0.312. The van der Waals surface area contributed by atoms with Crippen molar-refractivity contribution in [3.8, 4) is 0 Å². The minimum absolute atomic E-state index is 0.0143. The quantitative estimate of drug-likeness (QED) is 0.413. The van der Waals surface area contributed by atoms with Crippen LogP contribution in [0, 0.1) is 0 Å². The number of aryl methyl sites for hydroxylation is 1. The molecule has 1 unspecified atom stereocenters. The first-order valence-electron chi connectivity index (χ1n) is 11.2. The smallest absolute Gasteiger partial charge is 0.261 e. The molecule has 6 heteroatoms. The van der Waals surface area contributed by atoms with Crippen molar-refractivity contribution in [1.29, 1.82) is 0 Å². The van der Waals surface area contributed by atoms with Gasteiger partial charge >= 0.3 is 0 Å². The number of amides is 1. The molecule has 166 valence electrons. The first-order valence-corrected chi connectivity index (χ1v) is 11.6. The van der Waals surface area contributed by atoms with E-state index in [2.05, 4.69) is 5.32 Å². The van der Waals surface area contributed by atoms with Crippen LogP contribution in [0.25, 0.3) is 10.9 Å². The highest BCUT2D eigenvalue weighted by atomic mass is 35.5. The molecule has 4 aromatic rings. The molecule has 0 radical (unpaired) electrons. The van der Waals surface area contributed by atoms with Crippen molar-refractivity contribution in [3.63, 3.8) is 0 Å². The standard InChI is InChI=1S/C27H24ClN3O2/c28-20-10-6-9-19(17-20)26(18-7-2-1-3-8-18)30-25(32)16-15-24-29-23-12-5-4-11-22(23)27(33)31(24)21-13-14-21/h1-12,17,21,26H,13-16H2,(H,30,32). The normalized spacial score (nSPS) is 14.2. The maximum absolute atomic E-state index is 13.1. The van der Waals surface area contributed by atoms with Crippen molar-refractivity contribution in [2.75, 3.05) is 0 Å². The van der Waals surface area contributed by atoms with Gasteiger partial charge in [-0.1, -0.05) is 66.2 Å². The molecule has 1 atom stereocenters. The van der Waals surface area contributed by atoms with Gasteiger partial charge in [-0.25, -0.2) is 4.98 Å². The lowest BCUT2D eigenvalue weighted by molar-refractivity contribution is -0.121. The van der Waals surface area contributed by atoms with E-state index in [4.69, 9.17) is 16.6 Å². The van der Waals surface area contributed by atoms with Gasteiger partial charge < -0.3 is 5.32 Å². The van der Waals surface area contributed by atoms with E-state index in [1.54, 1.807) is 4.57 Å². The number of benzene rings is 3. The Bertz CT molecular complexity index is 1360. The average Bonchev–Trinajstić information content (AvgIpc) is 3.67. The maximum atomic E-state index is 13.1. The third-order valence-electron chi connectivity index (χ3n) is 5.99. The number of halogens is 1. The van der Waals surface area contributed by atoms with Crippen molar-refractivity contribution in [2.45, 2.75) is 37.8 Å². The number of nitrogens with one attached hydrogen (secondary N) is 1. The number of para-hydroxylation sites is 1. The van der Waals surface area contributed by atoms with E-state index < -0.39 is 0 Å². The molecule has 1 N–H and O–H groups in total. The van der Waals surface area contributed by atoms with Gasteiger partial charge in [0.05, 0.1) is 16.9 Å². The summed E-state index contributed by atoms with van der Waals surface area (Å²) >= 11 is 6.22. The summed E-state index contributed by atoms with van der Waals surface area (Å²) in [6.45, 7) is 0. The molecule has 1 aliphatic carbocycles. The van der Waals surface area contributed by atoms with Crippen molar-refractivity contribution in [2.24, 2.45) is 0 Å². The van der Waals surface area contributed by atoms with Crippen LogP contribution in [-0.4, -0.2) is 15.5 Å². The molecular weight excluding hydrogens is 434 g/mol. The van der Waals surface area contributed by atoms with Gasteiger partial charge in [-0.05, 0) is 48.2 Å². The van der Waals surface area contributed by atoms with Crippen LogP contribution in [0.1, 0.15) is 48.3 Å². The fourth-order valence-corrected chi connectivity index (χ4v) is 4.43. The van der Waals surface area contributed by atoms with Gasteiger partial charge in [0, 0.05) is 23.9 Å². The Morgan fingerprint density at radius 3 is 2.48 bits per heavy atom. The number of aromatic nitrogens is 2.